The van der Waals surface area contributed by atoms with E-state index in [1.165, 1.54) is 13.2 Å². The van der Waals surface area contributed by atoms with Gasteiger partial charge in [0.25, 0.3) is 0 Å². The SMILES string of the molecule is CCOC(=O)c1c(Br)cc(C#N)cc1OC. The molecule has 1 aromatic rings. The number of halogens is 1. The van der Waals surface area contributed by atoms with Crippen molar-refractivity contribution in [1.82, 2.24) is 0 Å². The van der Waals surface area contributed by atoms with Gasteiger partial charge in [-0.1, -0.05) is 0 Å². The second-order valence-electron chi connectivity index (χ2n) is 2.87. The van der Waals surface area contributed by atoms with Gasteiger partial charge in [0.05, 0.1) is 25.3 Å². The standard InChI is InChI=1S/C11H10BrNO3/c1-3-16-11(14)10-8(12)4-7(6-13)5-9(10)15-2/h4-5H,3H2,1-2H3. The van der Waals surface area contributed by atoms with E-state index in [4.69, 9.17) is 14.7 Å². The molecule has 0 radical (unpaired) electrons. The van der Waals surface area contributed by atoms with Crippen LogP contribution >= 0.6 is 15.9 Å². The average Bonchev–Trinajstić information content (AvgIpc) is 2.27. The van der Waals surface area contributed by atoms with E-state index >= 15 is 0 Å². The van der Waals surface area contributed by atoms with Crippen molar-refractivity contribution in [2.45, 2.75) is 6.92 Å². The lowest BCUT2D eigenvalue weighted by Crippen LogP contribution is -2.08. The maximum atomic E-state index is 11.6. The minimum atomic E-state index is -0.476. The highest BCUT2D eigenvalue weighted by Crippen LogP contribution is 2.29. The molecule has 0 unspecified atom stereocenters. The number of methoxy groups -OCH3 is 1. The van der Waals surface area contributed by atoms with Crippen LogP contribution in [-0.4, -0.2) is 19.7 Å². The van der Waals surface area contributed by atoms with Crippen LogP contribution in [0.15, 0.2) is 16.6 Å². The Morgan fingerprint density at radius 2 is 2.25 bits per heavy atom. The fraction of sp³-hybridized carbons (Fsp3) is 0.273. The van der Waals surface area contributed by atoms with Crippen molar-refractivity contribution in [2.24, 2.45) is 0 Å². The molecule has 0 heterocycles. The first-order valence-corrected chi connectivity index (χ1v) is 5.38. The van der Waals surface area contributed by atoms with E-state index in [9.17, 15) is 4.79 Å². The summed E-state index contributed by atoms with van der Waals surface area (Å²) in [6.45, 7) is 2.01. The van der Waals surface area contributed by atoms with Crippen LogP contribution in [0.4, 0.5) is 0 Å². The molecule has 0 N–H and O–H groups in total. The van der Waals surface area contributed by atoms with Crippen LogP contribution in [0.25, 0.3) is 0 Å². The van der Waals surface area contributed by atoms with Crippen LogP contribution in [0.1, 0.15) is 22.8 Å². The number of nitriles is 1. The van der Waals surface area contributed by atoms with Crippen LogP contribution in [-0.2, 0) is 4.74 Å². The number of ether oxygens (including phenoxy) is 2. The number of hydrogen-bond acceptors (Lipinski definition) is 4. The maximum absolute atomic E-state index is 11.6. The Hall–Kier alpha value is -1.54. The molecule has 0 aliphatic carbocycles. The Kier molecular flexibility index (Phi) is 4.32. The molecular formula is C11H10BrNO3. The molecule has 0 spiro atoms. The normalized spacial score (nSPS) is 9.38. The first-order valence-electron chi connectivity index (χ1n) is 4.58. The van der Waals surface area contributed by atoms with Gasteiger partial charge in [-0.3, -0.25) is 0 Å². The maximum Gasteiger partial charge on any atom is 0.343 e. The van der Waals surface area contributed by atoms with Crippen molar-refractivity contribution in [1.29, 1.82) is 5.26 Å². The van der Waals surface area contributed by atoms with Gasteiger partial charge in [-0.05, 0) is 35.0 Å². The molecule has 0 bridgehead atoms. The summed E-state index contributed by atoms with van der Waals surface area (Å²) in [7, 11) is 1.44. The highest BCUT2D eigenvalue weighted by atomic mass is 79.9. The van der Waals surface area contributed by atoms with Crippen molar-refractivity contribution in [3.05, 3.63) is 27.7 Å². The van der Waals surface area contributed by atoms with Crippen molar-refractivity contribution < 1.29 is 14.3 Å². The van der Waals surface area contributed by atoms with Gasteiger partial charge in [0.1, 0.15) is 11.3 Å². The summed E-state index contributed by atoms with van der Waals surface area (Å²) in [4.78, 5) is 11.6. The predicted octanol–water partition coefficient (Wildman–Crippen LogP) is 2.51. The van der Waals surface area contributed by atoms with Gasteiger partial charge in [-0.15, -0.1) is 0 Å². The highest BCUT2D eigenvalue weighted by Gasteiger charge is 2.18. The molecule has 1 aromatic carbocycles. The van der Waals surface area contributed by atoms with Crippen molar-refractivity contribution in [3.63, 3.8) is 0 Å². The molecule has 0 fully saturated rings. The van der Waals surface area contributed by atoms with E-state index in [2.05, 4.69) is 15.9 Å². The quantitative estimate of drug-likeness (QED) is 0.800. The lowest BCUT2D eigenvalue weighted by atomic mass is 10.1. The second-order valence-corrected chi connectivity index (χ2v) is 3.72. The third-order valence-corrected chi connectivity index (χ3v) is 2.51. The van der Waals surface area contributed by atoms with Crippen molar-refractivity contribution in [3.8, 4) is 11.8 Å². The smallest absolute Gasteiger partial charge is 0.343 e. The molecule has 84 valence electrons. The zero-order valence-corrected chi connectivity index (χ0v) is 10.5. The van der Waals surface area contributed by atoms with Crippen molar-refractivity contribution in [2.75, 3.05) is 13.7 Å². The number of esters is 1. The first kappa shape index (κ1) is 12.5. The number of benzene rings is 1. The van der Waals surface area contributed by atoms with Gasteiger partial charge in [-0.2, -0.15) is 5.26 Å². The molecule has 0 saturated heterocycles. The summed E-state index contributed by atoms with van der Waals surface area (Å²) in [6.07, 6.45) is 0. The highest BCUT2D eigenvalue weighted by molar-refractivity contribution is 9.10. The zero-order valence-electron chi connectivity index (χ0n) is 8.91. The molecule has 0 aromatic heterocycles. The largest absolute Gasteiger partial charge is 0.496 e. The first-order chi connectivity index (χ1) is 7.63. The fourth-order valence-electron chi connectivity index (χ4n) is 1.21. The predicted molar refractivity (Wildman–Crippen MR) is 61.4 cm³/mol. The Balaban J connectivity index is 3.28. The van der Waals surface area contributed by atoms with Crippen LogP contribution in [0.2, 0.25) is 0 Å². The van der Waals surface area contributed by atoms with Crippen LogP contribution in [0, 0.1) is 11.3 Å². The molecule has 0 aliphatic rings. The number of hydrogen-bond donors (Lipinski definition) is 0. The summed E-state index contributed by atoms with van der Waals surface area (Å²) in [5.41, 5.74) is 0.708. The van der Waals surface area contributed by atoms with E-state index in [-0.39, 0.29) is 6.61 Å². The third-order valence-electron chi connectivity index (χ3n) is 1.88. The summed E-state index contributed by atoms with van der Waals surface area (Å²) < 4.78 is 10.4. The summed E-state index contributed by atoms with van der Waals surface area (Å²) in [5, 5.41) is 8.77. The van der Waals surface area contributed by atoms with Gasteiger partial charge in [0.2, 0.25) is 0 Å². The van der Waals surface area contributed by atoms with E-state index in [0.717, 1.165) is 0 Å². The monoisotopic (exact) mass is 283 g/mol. The Morgan fingerprint density at radius 1 is 1.56 bits per heavy atom. The molecule has 0 amide bonds. The minimum Gasteiger partial charge on any atom is -0.496 e. The number of carbonyl (C=O) groups excluding carboxylic acids is 1. The third kappa shape index (κ3) is 2.52. The fourth-order valence-corrected chi connectivity index (χ4v) is 1.81. The molecule has 1 rings (SSSR count). The van der Waals surface area contributed by atoms with Gasteiger partial charge in [-0.25, -0.2) is 4.79 Å². The number of rotatable bonds is 3. The summed E-state index contributed by atoms with van der Waals surface area (Å²) in [6, 6.07) is 5.03. The molecule has 16 heavy (non-hydrogen) atoms. The summed E-state index contributed by atoms with van der Waals surface area (Å²) in [5.74, 6) is -0.153. The lowest BCUT2D eigenvalue weighted by Gasteiger charge is -2.09. The molecule has 0 aliphatic heterocycles. The van der Waals surface area contributed by atoms with Crippen molar-refractivity contribution >= 4 is 21.9 Å². The Morgan fingerprint density at radius 3 is 2.75 bits per heavy atom. The van der Waals surface area contributed by atoms with Crippen LogP contribution < -0.4 is 4.74 Å². The Bertz CT molecular complexity index is 451. The Labute approximate surface area is 102 Å². The number of carbonyl (C=O) groups is 1. The lowest BCUT2D eigenvalue weighted by molar-refractivity contribution is 0.0521. The molecule has 0 saturated carbocycles. The topological polar surface area (TPSA) is 59.3 Å². The minimum absolute atomic E-state index is 0.286. The van der Waals surface area contributed by atoms with E-state index in [1.54, 1.807) is 13.0 Å². The van der Waals surface area contributed by atoms with Gasteiger partial charge < -0.3 is 9.47 Å². The summed E-state index contributed by atoms with van der Waals surface area (Å²) >= 11 is 3.22. The zero-order chi connectivity index (χ0) is 12.1. The molecular weight excluding hydrogens is 274 g/mol. The van der Waals surface area contributed by atoms with E-state index in [0.29, 0.717) is 21.3 Å². The van der Waals surface area contributed by atoms with Gasteiger partial charge in [0, 0.05) is 4.47 Å². The molecule has 0 atom stereocenters. The number of nitrogens with zero attached hydrogens (tertiary/aromatic N) is 1. The van der Waals surface area contributed by atoms with Crippen LogP contribution in [0.3, 0.4) is 0 Å². The average molecular weight is 284 g/mol. The molecule has 5 heteroatoms. The second kappa shape index (κ2) is 5.52. The van der Waals surface area contributed by atoms with Crippen LogP contribution in [0.5, 0.6) is 5.75 Å². The van der Waals surface area contributed by atoms with E-state index in [1.807, 2.05) is 6.07 Å². The van der Waals surface area contributed by atoms with Gasteiger partial charge >= 0.3 is 5.97 Å². The van der Waals surface area contributed by atoms with E-state index < -0.39 is 5.97 Å². The van der Waals surface area contributed by atoms with Gasteiger partial charge in [0.15, 0.2) is 0 Å². The molecule has 4 nitrogen and oxygen atoms in total.